The van der Waals surface area contributed by atoms with Crippen molar-refractivity contribution in [1.29, 1.82) is 0 Å². The number of ether oxygens (including phenoxy) is 1. The van der Waals surface area contributed by atoms with Gasteiger partial charge in [-0.1, -0.05) is 0 Å². The highest BCUT2D eigenvalue weighted by molar-refractivity contribution is 5.86. The van der Waals surface area contributed by atoms with Crippen LogP contribution in [0.25, 0.3) is 10.9 Å². The maximum Gasteiger partial charge on any atom is 0.261 e. The lowest BCUT2D eigenvalue weighted by Gasteiger charge is -1.99. The van der Waals surface area contributed by atoms with E-state index in [9.17, 15) is 0 Å². The second kappa shape index (κ2) is 2.69. The number of nitrogens with zero attached hydrogens (tertiary/aromatic N) is 3. The van der Waals surface area contributed by atoms with E-state index in [4.69, 9.17) is 4.74 Å². The van der Waals surface area contributed by atoms with E-state index in [2.05, 4.69) is 20.4 Å². The molecule has 0 aliphatic rings. The summed E-state index contributed by atoms with van der Waals surface area (Å²) in [5, 5.41) is 15.8. The lowest BCUT2D eigenvalue weighted by molar-refractivity contribution is 0.396. The van der Waals surface area contributed by atoms with Gasteiger partial charge >= 0.3 is 0 Å². The Labute approximate surface area is 75.1 Å². The van der Waals surface area contributed by atoms with Crippen molar-refractivity contribution >= 4 is 10.9 Å². The van der Waals surface area contributed by atoms with Gasteiger partial charge in [0, 0.05) is 5.69 Å². The van der Waals surface area contributed by atoms with Crippen LogP contribution in [0.1, 0.15) is 11.4 Å². The van der Waals surface area contributed by atoms with Crippen molar-refractivity contribution in [3.63, 3.8) is 0 Å². The molecule has 0 aliphatic carbocycles. The normalized spacial score (nSPS) is 10.7. The zero-order chi connectivity index (χ0) is 9.42. The van der Waals surface area contributed by atoms with Crippen molar-refractivity contribution in [3.05, 3.63) is 11.4 Å². The highest BCUT2D eigenvalue weighted by atomic mass is 16.5. The van der Waals surface area contributed by atoms with Crippen molar-refractivity contribution < 1.29 is 4.74 Å². The summed E-state index contributed by atoms with van der Waals surface area (Å²) >= 11 is 0. The summed E-state index contributed by atoms with van der Waals surface area (Å²) in [6.45, 7) is 3.85. The van der Waals surface area contributed by atoms with Crippen LogP contribution in [-0.4, -0.2) is 27.5 Å². The molecule has 68 valence electrons. The fourth-order valence-corrected chi connectivity index (χ4v) is 1.38. The van der Waals surface area contributed by atoms with Gasteiger partial charge in [-0.25, -0.2) is 0 Å². The number of methoxy groups -OCH3 is 1. The molecule has 13 heavy (non-hydrogen) atoms. The quantitative estimate of drug-likeness (QED) is 0.707. The number of fused-ring (bicyclic) bond motifs is 1. The van der Waals surface area contributed by atoms with E-state index in [1.807, 2.05) is 13.8 Å². The summed E-state index contributed by atoms with van der Waals surface area (Å²) in [6, 6.07) is 0. The van der Waals surface area contributed by atoms with Gasteiger partial charge in [-0.15, -0.1) is 5.10 Å². The molecular formula is C8H10N4O. The standard InChI is InChI=1S/C8H10N4O/c1-4-6-5(2)10-12-8(13-3)7(6)11-9-4/h1-3H3,(H,9,11). The molecule has 0 aromatic carbocycles. The number of nitrogens with one attached hydrogen (secondary N) is 1. The smallest absolute Gasteiger partial charge is 0.261 e. The van der Waals surface area contributed by atoms with Gasteiger partial charge in [0.15, 0.2) is 5.52 Å². The van der Waals surface area contributed by atoms with Crippen molar-refractivity contribution in [1.82, 2.24) is 20.4 Å². The first-order valence-electron chi connectivity index (χ1n) is 3.96. The van der Waals surface area contributed by atoms with Crippen molar-refractivity contribution in [2.45, 2.75) is 13.8 Å². The number of hydrogen-bond acceptors (Lipinski definition) is 4. The molecule has 0 bridgehead atoms. The average molecular weight is 178 g/mol. The molecule has 0 atom stereocenters. The van der Waals surface area contributed by atoms with Crippen molar-refractivity contribution in [2.24, 2.45) is 0 Å². The van der Waals surface area contributed by atoms with Gasteiger partial charge in [0.2, 0.25) is 0 Å². The monoisotopic (exact) mass is 178 g/mol. The van der Waals surface area contributed by atoms with Crippen LogP contribution in [0.5, 0.6) is 5.88 Å². The summed E-state index contributed by atoms with van der Waals surface area (Å²) < 4.78 is 5.04. The van der Waals surface area contributed by atoms with Crippen LogP contribution in [0.2, 0.25) is 0 Å². The lowest BCUT2D eigenvalue weighted by Crippen LogP contribution is -1.94. The average Bonchev–Trinajstić information content (AvgIpc) is 2.50. The molecule has 0 aliphatic heterocycles. The number of rotatable bonds is 1. The molecule has 0 saturated heterocycles. The molecule has 0 radical (unpaired) electrons. The Morgan fingerprint density at radius 1 is 1.23 bits per heavy atom. The van der Waals surface area contributed by atoms with Crippen molar-refractivity contribution in [2.75, 3.05) is 7.11 Å². The predicted molar refractivity (Wildman–Crippen MR) is 47.7 cm³/mol. The Hall–Kier alpha value is -1.65. The summed E-state index contributed by atoms with van der Waals surface area (Å²) in [7, 11) is 1.56. The second-order valence-electron chi connectivity index (χ2n) is 2.87. The number of aromatic amines is 1. The van der Waals surface area contributed by atoms with Crippen LogP contribution in [0.15, 0.2) is 0 Å². The van der Waals surface area contributed by atoms with Gasteiger partial charge in [0.25, 0.3) is 5.88 Å². The van der Waals surface area contributed by atoms with Gasteiger partial charge < -0.3 is 4.74 Å². The molecular weight excluding hydrogens is 168 g/mol. The van der Waals surface area contributed by atoms with Gasteiger partial charge in [0.1, 0.15) is 0 Å². The highest BCUT2D eigenvalue weighted by Gasteiger charge is 2.11. The minimum absolute atomic E-state index is 0.463. The van der Waals surface area contributed by atoms with Crippen LogP contribution in [0.4, 0.5) is 0 Å². The van der Waals surface area contributed by atoms with Gasteiger partial charge in [-0.2, -0.15) is 10.2 Å². The topological polar surface area (TPSA) is 63.7 Å². The predicted octanol–water partition coefficient (Wildman–Crippen LogP) is 0.978. The Morgan fingerprint density at radius 2 is 2.00 bits per heavy atom. The molecule has 5 nitrogen and oxygen atoms in total. The largest absolute Gasteiger partial charge is 0.478 e. The molecule has 0 fully saturated rings. The third-order valence-corrected chi connectivity index (χ3v) is 2.00. The maximum atomic E-state index is 5.04. The molecule has 0 saturated carbocycles. The second-order valence-corrected chi connectivity index (χ2v) is 2.87. The first-order valence-corrected chi connectivity index (χ1v) is 3.96. The number of H-pyrrole nitrogens is 1. The van der Waals surface area contributed by atoms with Crippen molar-refractivity contribution in [3.8, 4) is 5.88 Å². The van der Waals surface area contributed by atoms with Gasteiger partial charge in [-0.3, -0.25) is 5.10 Å². The van der Waals surface area contributed by atoms with E-state index >= 15 is 0 Å². The van der Waals surface area contributed by atoms with Crippen LogP contribution < -0.4 is 4.74 Å². The minimum Gasteiger partial charge on any atom is -0.478 e. The molecule has 2 heterocycles. The molecule has 1 N–H and O–H groups in total. The molecule has 0 unspecified atom stereocenters. The Kier molecular flexibility index (Phi) is 1.65. The Balaban J connectivity index is 2.87. The summed E-state index contributed by atoms with van der Waals surface area (Å²) in [4.78, 5) is 0. The number of aryl methyl sites for hydroxylation is 2. The zero-order valence-electron chi connectivity index (χ0n) is 7.75. The molecule has 2 rings (SSSR count). The fraction of sp³-hybridized carbons (Fsp3) is 0.375. The summed E-state index contributed by atoms with van der Waals surface area (Å²) in [5.41, 5.74) is 2.59. The SMILES string of the molecule is COc1nnc(C)c2c(C)[nH]nc12. The third kappa shape index (κ3) is 1.04. The van der Waals surface area contributed by atoms with Gasteiger partial charge in [0.05, 0.1) is 18.2 Å². The van der Waals surface area contributed by atoms with Crippen LogP contribution in [-0.2, 0) is 0 Å². The summed E-state index contributed by atoms with van der Waals surface area (Å²) in [5.74, 6) is 0.463. The molecule has 0 amide bonds. The third-order valence-electron chi connectivity index (χ3n) is 2.00. The first kappa shape index (κ1) is 7.97. The number of aromatic nitrogens is 4. The summed E-state index contributed by atoms with van der Waals surface area (Å²) in [6.07, 6.45) is 0. The maximum absolute atomic E-state index is 5.04. The van der Waals surface area contributed by atoms with Crippen LogP contribution in [0, 0.1) is 13.8 Å². The van der Waals surface area contributed by atoms with E-state index in [-0.39, 0.29) is 0 Å². The number of hydrogen-bond donors (Lipinski definition) is 1. The minimum atomic E-state index is 0.463. The van der Waals surface area contributed by atoms with E-state index < -0.39 is 0 Å². The highest BCUT2D eigenvalue weighted by Crippen LogP contribution is 2.23. The van der Waals surface area contributed by atoms with Crippen LogP contribution >= 0.6 is 0 Å². The molecule has 0 spiro atoms. The van der Waals surface area contributed by atoms with E-state index in [0.29, 0.717) is 5.88 Å². The fourth-order valence-electron chi connectivity index (χ4n) is 1.38. The van der Waals surface area contributed by atoms with E-state index in [0.717, 1.165) is 22.3 Å². The zero-order valence-corrected chi connectivity index (χ0v) is 7.75. The van der Waals surface area contributed by atoms with Crippen LogP contribution in [0.3, 0.4) is 0 Å². The lowest BCUT2D eigenvalue weighted by atomic mass is 10.2. The molecule has 2 aromatic heterocycles. The first-order chi connectivity index (χ1) is 6.24. The Morgan fingerprint density at radius 3 is 2.69 bits per heavy atom. The van der Waals surface area contributed by atoms with E-state index in [1.165, 1.54) is 0 Å². The van der Waals surface area contributed by atoms with Gasteiger partial charge in [-0.05, 0) is 13.8 Å². The molecule has 2 aromatic rings. The molecule has 5 heteroatoms. The van der Waals surface area contributed by atoms with E-state index in [1.54, 1.807) is 7.11 Å². The Bertz CT molecular complexity index is 449.